The zero-order valence-electron chi connectivity index (χ0n) is 10.7. The minimum Gasteiger partial charge on any atom is -0.389 e. The highest BCUT2D eigenvalue weighted by molar-refractivity contribution is 7.91. The largest absolute Gasteiger partial charge is 0.389 e. The SMILES string of the molecule is CC(C)(O)CNC1CCS(=O)(=O)c2ccccc21. The van der Waals surface area contributed by atoms with E-state index in [1.54, 1.807) is 26.0 Å². The van der Waals surface area contributed by atoms with Crippen molar-refractivity contribution in [3.8, 4) is 0 Å². The van der Waals surface area contributed by atoms with Gasteiger partial charge in [0.25, 0.3) is 0 Å². The van der Waals surface area contributed by atoms with Crippen LogP contribution >= 0.6 is 0 Å². The first-order chi connectivity index (χ1) is 8.30. The second-order valence-corrected chi connectivity index (χ2v) is 7.47. The van der Waals surface area contributed by atoms with E-state index < -0.39 is 15.4 Å². The van der Waals surface area contributed by atoms with E-state index in [0.29, 0.717) is 17.9 Å². The molecular weight excluding hydrogens is 250 g/mol. The van der Waals surface area contributed by atoms with E-state index in [2.05, 4.69) is 5.32 Å². The van der Waals surface area contributed by atoms with Crippen LogP contribution < -0.4 is 5.32 Å². The zero-order chi connectivity index (χ0) is 13.4. The second-order valence-electron chi connectivity index (χ2n) is 5.39. The Kier molecular flexibility index (Phi) is 3.49. The molecule has 1 aromatic carbocycles. The highest BCUT2D eigenvalue weighted by Crippen LogP contribution is 2.31. The number of aliphatic hydroxyl groups is 1. The predicted octanol–water partition coefficient (Wildman–Crippen LogP) is 1.27. The van der Waals surface area contributed by atoms with Gasteiger partial charge in [0.2, 0.25) is 0 Å². The van der Waals surface area contributed by atoms with E-state index in [9.17, 15) is 13.5 Å². The smallest absolute Gasteiger partial charge is 0.178 e. The molecule has 1 aliphatic rings. The summed E-state index contributed by atoms with van der Waals surface area (Å²) >= 11 is 0. The van der Waals surface area contributed by atoms with E-state index >= 15 is 0 Å². The van der Waals surface area contributed by atoms with Crippen LogP contribution in [0, 0.1) is 0 Å². The molecule has 0 radical (unpaired) electrons. The van der Waals surface area contributed by atoms with Crippen molar-refractivity contribution in [2.75, 3.05) is 12.3 Å². The third kappa shape index (κ3) is 2.91. The van der Waals surface area contributed by atoms with Crippen molar-refractivity contribution in [2.24, 2.45) is 0 Å². The minimum atomic E-state index is -3.13. The van der Waals surface area contributed by atoms with Crippen LogP contribution in [0.15, 0.2) is 29.2 Å². The molecule has 1 aliphatic heterocycles. The van der Waals surface area contributed by atoms with Gasteiger partial charge >= 0.3 is 0 Å². The molecule has 0 aliphatic carbocycles. The van der Waals surface area contributed by atoms with Gasteiger partial charge in [-0.2, -0.15) is 0 Å². The second kappa shape index (κ2) is 4.64. The fourth-order valence-corrected chi connectivity index (χ4v) is 3.80. The van der Waals surface area contributed by atoms with Crippen molar-refractivity contribution in [2.45, 2.75) is 36.8 Å². The molecule has 0 saturated heterocycles. The lowest BCUT2D eigenvalue weighted by Crippen LogP contribution is -2.39. The third-order valence-electron chi connectivity index (χ3n) is 3.09. The topological polar surface area (TPSA) is 66.4 Å². The van der Waals surface area contributed by atoms with Crippen LogP contribution in [0.1, 0.15) is 31.9 Å². The third-order valence-corrected chi connectivity index (χ3v) is 4.90. The van der Waals surface area contributed by atoms with E-state index in [1.165, 1.54) is 0 Å². The monoisotopic (exact) mass is 269 g/mol. The Morgan fingerprint density at radius 1 is 1.39 bits per heavy atom. The highest BCUT2D eigenvalue weighted by Gasteiger charge is 2.30. The summed E-state index contributed by atoms with van der Waals surface area (Å²) in [5, 5.41) is 13.0. The molecule has 0 bridgehead atoms. The van der Waals surface area contributed by atoms with Crippen LogP contribution in [-0.2, 0) is 9.84 Å². The number of hydrogen-bond donors (Lipinski definition) is 2. The first kappa shape index (κ1) is 13.5. The maximum Gasteiger partial charge on any atom is 0.178 e. The van der Waals surface area contributed by atoms with Gasteiger partial charge in [-0.3, -0.25) is 0 Å². The molecule has 4 nitrogen and oxygen atoms in total. The zero-order valence-corrected chi connectivity index (χ0v) is 11.5. The summed E-state index contributed by atoms with van der Waals surface area (Å²) < 4.78 is 23.9. The number of nitrogens with one attached hydrogen (secondary N) is 1. The predicted molar refractivity (Wildman–Crippen MR) is 70.2 cm³/mol. The van der Waals surface area contributed by atoms with Crippen molar-refractivity contribution in [1.82, 2.24) is 5.32 Å². The highest BCUT2D eigenvalue weighted by atomic mass is 32.2. The van der Waals surface area contributed by atoms with Crippen LogP contribution in [0.3, 0.4) is 0 Å². The van der Waals surface area contributed by atoms with Crippen LogP contribution in [0.2, 0.25) is 0 Å². The standard InChI is InChI=1S/C13H19NO3S/c1-13(2,15)9-14-11-7-8-18(16,17)12-6-4-3-5-10(11)12/h3-6,11,14-15H,7-9H2,1-2H3. The summed E-state index contributed by atoms with van der Waals surface area (Å²) in [6.07, 6.45) is 0.551. The molecule has 1 aromatic rings. The molecule has 2 N–H and O–H groups in total. The minimum absolute atomic E-state index is 0.00356. The molecule has 1 atom stereocenters. The molecule has 0 spiro atoms. The first-order valence-electron chi connectivity index (χ1n) is 6.07. The summed E-state index contributed by atoms with van der Waals surface area (Å²) in [6.45, 7) is 3.89. The molecule has 18 heavy (non-hydrogen) atoms. The average molecular weight is 269 g/mol. The van der Waals surface area contributed by atoms with Crippen LogP contribution in [0.4, 0.5) is 0 Å². The van der Waals surface area contributed by atoms with E-state index in [4.69, 9.17) is 0 Å². The average Bonchev–Trinajstić information content (AvgIpc) is 2.27. The quantitative estimate of drug-likeness (QED) is 0.867. The molecule has 5 heteroatoms. The van der Waals surface area contributed by atoms with Crippen molar-refractivity contribution in [3.05, 3.63) is 29.8 Å². The van der Waals surface area contributed by atoms with Crippen molar-refractivity contribution in [3.63, 3.8) is 0 Å². The first-order valence-corrected chi connectivity index (χ1v) is 7.72. The fourth-order valence-electron chi connectivity index (χ4n) is 2.18. The Morgan fingerprint density at radius 2 is 2.06 bits per heavy atom. The van der Waals surface area contributed by atoms with Gasteiger partial charge in [-0.15, -0.1) is 0 Å². The normalized spacial score (nSPS) is 22.5. The van der Waals surface area contributed by atoms with Gasteiger partial charge in [-0.05, 0) is 31.9 Å². The number of fused-ring (bicyclic) bond motifs is 1. The molecule has 0 aromatic heterocycles. The lowest BCUT2D eigenvalue weighted by Gasteiger charge is -2.29. The van der Waals surface area contributed by atoms with Crippen molar-refractivity contribution < 1.29 is 13.5 Å². The lowest BCUT2D eigenvalue weighted by molar-refractivity contribution is 0.0760. The van der Waals surface area contributed by atoms with Gasteiger partial charge in [0, 0.05) is 12.6 Å². The molecule has 1 heterocycles. The number of sulfone groups is 1. The Bertz CT molecular complexity index is 531. The van der Waals surface area contributed by atoms with Crippen molar-refractivity contribution >= 4 is 9.84 Å². The molecule has 0 amide bonds. The van der Waals surface area contributed by atoms with Gasteiger partial charge in [-0.1, -0.05) is 18.2 Å². The van der Waals surface area contributed by atoms with Gasteiger partial charge < -0.3 is 10.4 Å². The van der Waals surface area contributed by atoms with Gasteiger partial charge in [0.15, 0.2) is 9.84 Å². The Hall–Kier alpha value is -0.910. The van der Waals surface area contributed by atoms with Crippen LogP contribution in [-0.4, -0.2) is 31.4 Å². The summed E-state index contributed by atoms with van der Waals surface area (Å²) in [5.41, 5.74) is 0.0126. The van der Waals surface area contributed by atoms with Gasteiger partial charge in [0.1, 0.15) is 0 Å². The number of hydrogen-bond acceptors (Lipinski definition) is 4. The fraction of sp³-hybridized carbons (Fsp3) is 0.538. The number of rotatable bonds is 3. The van der Waals surface area contributed by atoms with E-state index in [0.717, 1.165) is 5.56 Å². The maximum absolute atomic E-state index is 11.9. The summed E-state index contributed by atoms with van der Waals surface area (Å²) in [4.78, 5) is 0.421. The summed E-state index contributed by atoms with van der Waals surface area (Å²) in [5.74, 6) is 0.160. The molecule has 0 saturated carbocycles. The molecule has 0 fully saturated rings. The van der Waals surface area contributed by atoms with Gasteiger partial charge in [0.05, 0.1) is 16.2 Å². The summed E-state index contributed by atoms with van der Waals surface area (Å²) in [6, 6.07) is 7.08. The summed E-state index contributed by atoms with van der Waals surface area (Å²) in [7, 11) is -3.13. The molecule has 1 unspecified atom stereocenters. The Morgan fingerprint density at radius 3 is 2.72 bits per heavy atom. The van der Waals surface area contributed by atoms with Gasteiger partial charge in [-0.25, -0.2) is 8.42 Å². The van der Waals surface area contributed by atoms with Crippen molar-refractivity contribution in [1.29, 1.82) is 0 Å². The number of benzene rings is 1. The Balaban J connectivity index is 2.26. The molecule has 100 valence electrons. The van der Waals surface area contributed by atoms with E-state index in [1.807, 2.05) is 12.1 Å². The maximum atomic E-state index is 11.9. The molecular formula is C13H19NO3S. The van der Waals surface area contributed by atoms with E-state index in [-0.39, 0.29) is 11.8 Å². The van der Waals surface area contributed by atoms with Crippen LogP contribution in [0.25, 0.3) is 0 Å². The lowest BCUT2D eigenvalue weighted by atomic mass is 10.0. The Labute approximate surface area is 108 Å². The van der Waals surface area contributed by atoms with Crippen LogP contribution in [0.5, 0.6) is 0 Å². The molecule has 2 rings (SSSR count).